The summed E-state index contributed by atoms with van der Waals surface area (Å²) in [5, 5.41) is 2.69. The molecule has 0 aromatic heterocycles. The van der Waals surface area contributed by atoms with Crippen molar-refractivity contribution in [1.82, 2.24) is 10.2 Å². The number of carbonyl (C=O) groups excluding carboxylic acids is 3. The third kappa shape index (κ3) is 3.23. The van der Waals surface area contributed by atoms with Gasteiger partial charge in [0, 0.05) is 5.56 Å². The summed E-state index contributed by atoms with van der Waals surface area (Å²) in [6.07, 6.45) is 0.289. The number of Topliss-reactive ketones (excluding diaryl/α,β-unsaturated/α-hetero) is 1. The molecule has 0 saturated carbocycles. The monoisotopic (exact) mass is 368 g/mol. The Labute approximate surface area is 157 Å². The molecule has 0 spiro atoms. The van der Waals surface area contributed by atoms with Gasteiger partial charge in [-0.15, -0.1) is 0 Å². The van der Waals surface area contributed by atoms with Crippen molar-refractivity contribution in [3.05, 3.63) is 70.5 Å². The zero-order chi connectivity index (χ0) is 19.8. The van der Waals surface area contributed by atoms with Crippen LogP contribution in [0.3, 0.4) is 0 Å². The topological polar surface area (TPSA) is 66.5 Å². The van der Waals surface area contributed by atoms with Gasteiger partial charge in [0.05, 0.1) is 6.54 Å². The van der Waals surface area contributed by atoms with Gasteiger partial charge >= 0.3 is 6.03 Å². The number of benzene rings is 2. The number of hydrogen-bond donors (Lipinski definition) is 1. The van der Waals surface area contributed by atoms with E-state index in [1.165, 1.54) is 24.3 Å². The average Bonchev–Trinajstić information content (AvgIpc) is 2.89. The van der Waals surface area contributed by atoms with E-state index in [-0.39, 0.29) is 18.7 Å². The Morgan fingerprint density at radius 1 is 1.07 bits per heavy atom. The summed E-state index contributed by atoms with van der Waals surface area (Å²) in [5.41, 5.74) is 1.68. The molecule has 3 rings (SSSR count). The van der Waals surface area contributed by atoms with Crippen molar-refractivity contribution in [2.75, 3.05) is 6.54 Å². The third-order valence-corrected chi connectivity index (χ3v) is 5.17. The SMILES string of the molecule is CC[C@@]1(c2ccc(F)cc2)NC(=O)N(CC(=O)c2ccc(C)c(C)c2)C1=O. The number of ketones is 1. The summed E-state index contributed by atoms with van der Waals surface area (Å²) in [7, 11) is 0. The lowest BCUT2D eigenvalue weighted by Crippen LogP contribution is -2.43. The van der Waals surface area contributed by atoms with Gasteiger partial charge < -0.3 is 5.32 Å². The molecule has 2 aromatic rings. The zero-order valence-corrected chi connectivity index (χ0v) is 15.5. The molecule has 140 valence electrons. The van der Waals surface area contributed by atoms with E-state index in [2.05, 4.69) is 5.32 Å². The first kappa shape index (κ1) is 18.8. The molecule has 1 heterocycles. The highest BCUT2D eigenvalue weighted by Gasteiger charge is 2.51. The molecule has 0 radical (unpaired) electrons. The van der Waals surface area contributed by atoms with Crippen LogP contribution in [0, 0.1) is 19.7 Å². The molecule has 0 bridgehead atoms. The minimum absolute atomic E-state index is 0.289. The Balaban J connectivity index is 1.87. The molecule has 1 aliphatic rings. The maximum absolute atomic E-state index is 13.2. The number of imide groups is 1. The van der Waals surface area contributed by atoms with Crippen molar-refractivity contribution >= 4 is 17.7 Å². The molecule has 1 saturated heterocycles. The van der Waals surface area contributed by atoms with Crippen molar-refractivity contribution in [3.63, 3.8) is 0 Å². The van der Waals surface area contributed by atoms with Gasteiger partial charge in [0.25, 0.3) is 5.91 Å². The number of rotatable bonds is 5. The molecular weight excluding hydrogens is 347 g/mol. The van der Waals surface area contributed by atoms with E-state index in [9.17, 15) is 18.8 Å². The lowest BCUT2D eigenvalue weighted by Gasteiger charge is -2.25. The Hall–Kier alpha value is -3.02. The maximum Gasteiger partial charge on any atom is 0.325 e. The second kappa shape index (κ2) is 6.95. The summed E-state index contributed by atoms with van der Waals surface area (Å²) in [5.74, 6) is -1.24. The van der Waals surface area contributed by atoms with Crippen molar-refractivity contribution in [2.24, 2.45) is 0 Å². The minimum Gasteiger partial charge on any atom is -0.319 e. The van der Waals surface area contributed by atoms with E-state index in [4.69, 9.17) is 0 Å². The quantitative estimate of drug-likeness (QED) is 0.649. The maximum atomic E-state index is 13.2. The standard InChI is InChI=1S/C21H21FN2O3/c1-4-21(16-7-9-17(22)10-8-16)19(26)24(20(27)23-21)12-18(25)15-6-5-13(2)14(3)11-15/h5-11H,4,12H2,1-3H3,(H,23,27)/t21-/m0/s1. The van der Waals surface area contributed by atoms with E-state index < -0.39 is 23.3 Å². The van der Waals surface area contributed by atoms with E-state index >= 15 is 0 Å². The van der Waals surface area contributed by atoms with E-state index in [1.54, 1.807) is 19.1 Å². The zero-order valence-electron chi connectivity index (χ0n) is 15.5. The van der Waals surface area contributed by atoms with Gasteiger partial charge in [0.1, 0.15) is 11.4 Å². The second-order valence-electron chi connectivity index (χ2n) is 6.81. The Bertz CT molecular complexity index is 924. The van der Waals surface area contributed by atoms with E-state index in [0.29, 0.717) is 11.1 Å². The minimum atomic E-state index is -1.28. The van der Waals surface area contributed by atoms with Crippen LogP contribution >= 0.6 is 0 Å². The van der Waals surface area contributed by atoms with Gasteiger partial charge in [-0.25, -0.2) is 9.18 Å². The summed E-state index contributed by atoms with van der Waals surface area (Å²) in [6.45, 7) is 5.27. The summed E-state index contributed by atoms with van der Waals surface area (Å²) < 4.78 is 13.2. The highest BCUT2D eigenvalue weighted by Crippen LogP contribution is 2.32. The second-order valence-corrected chi connectivity index (χ2v) is 6.81. The molecule has 1 atom stereocenters. The number of aryl methyl sites for hydroxylation is 2. The average molecular weight is 368 g/mol. The van der Waals surface area contributed by atoms with Gasteiger partial charge in [-0.1, -0.05) is 31.2 Å². The summed E-state index contributed by atoms with van der Waals surface area (Å²) in [4.78, 5) is 39.0. The molecular formula is C21H21FN2O3. The predicted octanol–water partition coefficient (Wildman–Crippen LogP) is 3.48. The largest absolute Gasteiger partial charge is 0.325 e. The number of nitrogens with one attached hydrogen (secondary N) is 1. The third-order valence-electron chi connectivity index (χ3n) is 5.17. The molecule has 5 nitrogen and oxygen atoms in total. The first-order valence-corrected chi connectivity index (χ1v) is 8.79. The number of amides is 3. The highest BCUT2D eigenvalue weighted by molar-refractivity contribution is 6.11. The molecule has 0 unspecified atom stereocenters. The van der Waals surface area contributed by atoms with Crippen LogP contribution in [0.25, 0.3) is 0 Å². The van der Waals surface area contributed by atoms with Crippen LogP contribution in [0.1, 0.15) is 40.4 Å². The molecule has 27 heavy (non-hydrogen) atoms. The number of hydrogen-bond acceptors (Lipinski definition) is 3. The first-order chi connectivity index (χ1) is 12.8. The lowest BCUT2D eigenvalue weighted by molar-refractivity contribution is -0.131. The van der Waals surface area contributed by atoms with Gasteiger partial charge in [-0.3, -0.25) is 14.5 Å². The van der Waals surface area contributed by atoms with Gasteiger partial charge in [-0.2, -0.15) is 0 Å². The number of halogens is 1. The molecule has 1 aliphatic heterocycles. The van der Waals surface area contributed by atoms with Crippen LogP contribution < -0.4 is 5.32 Å². The Morgan fingerprint density at radius 2 is 1.74 bits per heavy atom. The number of nitrogens with zero attached hydrogens (tertiary/aromatic N) is 1. The van der Waals surface area contributed by atoms with Crippen molar-refractivity contribution in [3.8, 4) is 0 Å². The molecule has 2 aromatic carbocycles. The fourth-order valence-electron chi connectivity index (χ4n) is 3.29. The molecule has 3 amide bonds. The van der Waals surface area contributed by atoms with Gasteiger partial charge in [0.15, 0.2) is 5.78 Å². The van der Waals surface area contributed by atoms with Crippen LogP contribution in [0.5, 0.6) is 0 Å². The highest BCUT2D eigenvalue weighted by atomic mass is 19.1. The molecule has 0 aliphatic carbocycles. The van der Waals surface area contributed by atoms with E-state index in [1.807, 2.05) is 19.9 Å². The van der Waals surface area contributed by atoms with Crippen LogP contribution in [0.2, 0.25) is 0 Å². The lowest BCUT2D eigenvalue weighted by atomic mass is 9.87. The molecule has 1 N–H and O–H groups in total. The smallest absolute Gasteiger partial charge is 0.319 e. The Kier molecular flexibility index (Phi) is 4.83. The molecule has 1 fully saturated rings. The van der Waals surface area contributed by atoms with Crippen LogP contribution in [0.4, 0.5) is 9.18 Å². The molecule has 6 heteroatoms. The van der Waals surface area contributed by atoms with Crippen LogP contribution in [-0.2, 0) is 10.3 Å². The van der Waals surface area contributed by atoms with Crippen LogP contribution in [-0.4, -0.2) is 29.2 Å². The van der Waals surface area contributed by atoms with Crippen molar-refractivity contribution in [1.29, 1.82) is 0 Å². The van der Waals surface area contributed by atoms with Crippen molar-refractivity contribution in [2.45, 2.75) is 32.7 Å². The summed E-state index contributed by atoms with van der Waals surface area (Å²) >= 11 is 0. The fraction of sp³-hybridized carbons (Fsp3) is 0.286. The number of carbonyl (C=O) groups is 3. The predicted molar refractivity (Wildman–Crippen MR) is 98.9 cm³/mol. The first-order valence-electron chi connectivity index (χ1n) is 8.79. The van der Waals surface area contributed by atoms with E-state index in [0.717, 1.165) is 16.0 Å². The normalized spacial score (nSPS) is 19.3. The van der Waals surface area contributed by atoms with Gasteiger partial charge in [-0.05, 0) is 55.2 Å². The number of urea groups is 1. The Morgan fingerprint density at radius 3 is 2.33 bits per heavy atom. The van der Waals surface area contributed by atoms with Crippen LogP contribution in [0.15, 0.2) is 42.5 Å². The summed E-state index contributed by atoms with van der Waals surface area (Å²) in [6, 6.07) is 10.1. The van der Waals surface area contributed by atoms with Gasteiger partial charge in [0.2, 0.25) is 0 Å². The fourth-order valence-corrected chi connectivity index (χ4v) is 3.29. The van der Waals surface area contributed by atoms with Crippen molar-refractivity contribution < 1.29 is 18.8 Å².